The fraction of sp³-hybridized carbons (Fsp3) is 0.833. The van der Waals surface area contributed by atoms with Crippen LogP contribution in [-0.2, 0) is 6.42 Å². The van der Waals surface area contributed by atoms with Gasteiger partial charge in [-0.3, -0.25) is 5.10 Å². The monoisotopic (exact) mass is 222 g/mol. The predicted molar refractivity (Wildman–Crippen MR) is 64.1 cm³/mol. The Morgan fingerprint density at radius 3 is 2.88 bits per heavy atom. The zero-order valence-electron chi connectivity index (χ0n) is 10.1. The van der Waals surface area contributed by atoms with Crippen molar-refractivity contribution in [3.05, 3.63) is 11.6 Å². The number of H-pyrrole nitrogens is 1. The number of rotatable bonds is 7. The van der Waals surface area contributed by atoms with Gasteiger partial charge in [0, 0.05) is 12.3 Å². The van der Waals surface area contributed by atoms with Gasteiger partial charge in [-0.15, -0.1) is 0 Å². The van der Waals surface area contributed by atoms with Crippen LogP contribution in [-0.4, -0.2) is 21.7 Å². The van der Waals surface area contributed by atoms with Crippen LogP contribution in [0.2, 0.25) is 0 Å². The van der Waals surface area contributed by atoms with Gasteiger partial charge in [0.1, 0.15) is 5.82 Å². The van der Waals surface area contributed by atoms with Crippen LogP contribution >= 0.6 is 0 Å². The quantitative estimate of drug-likeness (QED) is 0.741. The second-order valence-electron chi connectivity index (χ2n) is 4.80. The molecule has 4 nitrogen and oxygen atoms in total. The summed E-state index contributed by atoms with van der Waals surface area (Å²) in [5.41, 5.74) is 5.59. The topological polar surface area (TPSA) is 67.6 Å². The van der Waals surface area contributed by atoms with Gasteiger partial charge in [-0.1, -0.05) is 13.3 Å². The molecule has 1 aromatic heterocycles. The van der Waals surface area contributed by atoms with E-state index in [-0.39, 0.29) is 0 Å². The van der Waals surface area contributed by atoms with Crippen molar-refractivity contribution < 1.29 is 0 Å². The number of aromatic nitrogens is 3. The van der Waals surface area contributed by atoms with Crippen LogP contribution in [0.25, 0.3) is 0 Å². The molecular weight excluding hydrogens is 200 g/mol. The molecule has 1 atom stereocenters. The number of hydrogen-bond acceptors (Lipinski definition) is 3. The molecule has 0 aromatic carbocycles. The number of nitrogens with one attached hydrogen (secondary N) is 1. The lowest BCUT2D eigenvalue weighted by molar-refractivity contribution is 0.439. The fourth-order valence-electron chi connectivity index (χ4n) is 2.08. The van der Waals surface area contributed by atoms with Gasteiger partial charge in [0.2, 0.25) is 0 Å². The molecule has 4 heteroatoms. The summed E-state index contributed by atoms with van der Waals surface area (Å²) in [5.74, 6) is 3.47. The Morgan fingerprint density at radius 2 is 2.25 bits per heavy atom. The molecule has 1 aromatic rings. The number of hydrogen-bond donors (Lipinski definition) is 2. The van der Waals surface area contributed by atoms with Crippen molar-refractivity contribution in [3.63, 3.8) is 0 Å². The zero-order chi connectivity index (χ0) is 11.4. The van der Waals surface area contributed by atoms with E-state index in [2.05, 4.69) is 22.1 Å². The minimum Gasteiger partial charge on any atom is -0.330 e. The molecule has 0 saturated heterocycles. The summed E-state index contributed by atoms with van der Waals surface area (Å²) in [7, 11) is 0. The average Bonchev–Trinajstić information content (AvgIpc) is 3.04. The summed E-state index contributed by atoms with van der Waals surface area (Å²) in [6.45, 7) is 3.03. The maximum absolute atomic E-state index is 5.59. The van der Waals surface area contributed by atoms with Crippen molar-refractivity contribution in [2.24, 2.45) is 11.7 Å². The summed E-state index contributed by atoms with van der Waals surface area (Å²) in [6.07, 6.45) is 7.05. The number of aromatic amines is 1. The van der Waals surface area contributed by atoms with Crippen molar-refractivity contribution >= 4 is 0 Å². The van der Waals surface area contributed by atoms with Gasteiger partial charge in [-0.05, 0) is 38.1 Å². The molecule has 0 amide bonds. The molecule has 1 aliphatic carbocycles. The Balaban J connectivity index is 1.78. The lowest BCUT2D eigenvalue weighted by atomic mass is 9.96. The maximum Gasteiger partial charge on any atom is 0.153 e. The van der Waals surface area contributed by atoms with E-state index in [1.807, 2.05) is 0 Å². The third-order valence-electron chi connectivity index (χ3n) is 3.43. The Kier molecular flexibility index (Phi) is 3.93. The molecular formula is C12H22N4. The molecule has 3 N–H and O–H groups in total. The molecule has 1 aliphatic rings. The van der Waals surface area contributed by atoms with E-state index in [1.54, 1.807) is 0 Å². The Labute approximate surface area is 97.0 Å². The molecule has 0 aliphatic heterocycles. The maximum atomic E-state index is 5.59. The van der Waals surface area contributed by atoms with Crippen molar-refractivity contribution in [2.75, 3.05) is 6.54 Å². The van der Waals surface area contributed by atoms with E-state index >= 15 is 0 Å². The largest absolute Gasteiger partial charge is 0.330 e. The Morgan fingerprint density at radius 1 is 1.44 bits per heavy atom. The third kappa shape index (κ3) is 3.04. The molecule has 1 unspecified atom stereocenters. The third-order valence-corrected chi connectivity index (χ3v) is 3.43. The van der Waals surface area contributed by atoms with Crippen LogP contribution in [0, 0.1) is 5.92 Å². The smallest absolute Gasteiger partial charge is 0.153 e. The second-order valence-corrected chi connectivity index (χ2v) is 4.80. The van der Waals surface area contributed by atoms with Gasteiger partial charge < -0.3 is 5.73 Å². The van der Waals surface area contributed by atoms with Crippen LogP contribution in [0.3, 0.4) is 0 Å². The molecule has 0 radical (unpaired) electrons. The van der Waals surface area contributed by atoms with E-state index in [0.29, 0.717) is 5.92 Å². The van der Waals surface area contributed by atoms with Crippen molar-refractivity contribution in [1.82, 2.24) is 15.2 Å². The van der Waals surface area contributed by atoms with Crippen LogP contribution in [0.4, 0.5) is 0 Å². The summed E-state index contributed by atoms with van der Waals surface area (Å²) >= 11 is 0. The predicted octanol–water partition coefficient (Wildman–Crippen LogP) is 1.99. The number of aryl methyl sites for hydroxylation is 1. The van der Waals surface area contributed by atoms with E-state index < -0.39 is 0 Å². The Bertz CT molecular complexity index is 317. The van der Waals surface area contributed by atoms with Gasteiger partial charge in [-0.2, -0.15) is 5.10 Å². The average molecular weight is 222 g/mol. The van der Waals surface area contributed by atoms with E-state index in [9.17, 15) is 0 Å². The lowest BCUT2D eigenvalue weighted by Gasteiger charge is -2.11. The van der Waals surface area contributed by atoms with Crippen LogP contribution in [0.15, 0.2) is 0 Å². The molecule has 1 heterocycles. The summed E-state index contributed by atoms with van der Waals surface area (Å²) < 4.78 is 0. The highest BCUT2D eigenvalue weighted by atomic mass is 15.2. The minimum absolute atomic E-state index is 0.649. The summed E-state index contributed by atoms with van der Waals surface area (Å²) in [6, 6.07) is 0. The summed E-state index contributed by atoms with van der Waals surface area (Å²) in [5, 5.41) is 7.32. The zero-order valence-corrected chi connectivity index (χ0v) is 10.1. The normalized spacial score (nSPS) is 17.6. The standard InChI is InChI=1S/C12H22N4/c1-2-9(7-8-13)3-6-11-14-12(16-15-11)10-4-5-10/h9-10H,2-8,13H2,1H3,(H,14,15,16). The van der Waals surface area contributed by atoms with Gasteiger partial charge in [0.15, 0.2) is 5.82 Å². The Hall–Kier alpha value is -0.900. The van der Waals surface area contributed by atoms with Crippen molar-refractivity contribution in [2.45, 2.75) is 51.4 Å². The first-order valence-electron chi connectivity index (χ1n) is 6.44. The first-order chi connectivity index (χ1) is 7.83. The lowest BCUT2D eigenvalue weighted by Crippen LogP contribution is -2.09. The minimum atomic E-state index is 0.649. The van der Waals surface area contributed by atoms with Gasteiger partial charge in [0.25, 0.3) is 0 Å². The molecule has 0 bridgehead atoms. The number of nitrogens with zero attached hydrogens (tertiary/aromatic N) is 2. The van der Waals surface area contributed by atoms with Crippen LogP contribution in [0.1, 0.15) is 56.6 Å². The molecule has 1 saturated carbocycles. The van der Waals surface area contributed by atoms with Gasteiger partial charge in [0.05, 0.1) is 0 Å². The number of nitrogens with two attached hydrogens (primary N) is 1. The second kappa shape index (κ2) is 5.43. The summed E-state index contributed by atoms with van der Waals surface area (Å²) in [4.78, 5) is 4.54. The molecule has 90 valence electrons. The van der Waals surface area contributed by atoms with Crippen molar-refractivity contribution in [3.8, 4) is 0 Å². The first-order valence-corrected chi connectivity index (χ1v) is 6.44. The van der Waals surface area contributed by atoms with E-state index in [4.69, 9.17) is 5.73 Å². The highest BCUT2D eigenvalue weighted by Gasteiger charge is 2.27. The fourth-order valence-corrected chi connectivity index (χ4v) is 2.08. The highest BCUT2D eigenvalue weighted by molar-refractivity contribution is 5.04. The highest BCUT2D eigenvalue weighted by Crippen LogP contribution is 2.37. The van der Waals surface area contributed by atoms with E-state index in [0.717, 1.165) is 37.0 Å². The van der Waals surface area contributed by atoms with Crippen LogP contribution in [0.5, 0.6) is 0 Å². The first kappa shape index (κ1) is 11.6. The van der Waals surface area contributed by atoms with Gasteiger partial charge >= 0.3 is 0 Å². The van der Waals surface area contributed by atoms with Crippen molar-refractivity contribution in [1.29, 1.82) is 0 Å². The molecule has 2 rings (SSSR count). The molecule has 0 spiro atoms. The van der Waals surface area contributed by atoms with Crippen LogP contribution < -0.4 is 5.73 Å². The molecule has 1 fully saturated rings. The SMILES string of the molecule is CCC(CCN)CCc1nc(C2CC2)n[nH]1. The van der Waals surface area contributed by atoms with Gasteiger partial charge in [-0.25, -0.2) is 4.98 Å². The van der Waals surface area contributed by atoms with E-state index in [1.165, 1.54) is 25.7 Å². The molecule has 16 heavy (non-hydrogen) atoms.